The van der Waals surface area contributed by atoms with Crippen LogP contribution in [0.25, 0.3) is 10.9 Å². The second-order valence-electron chi connectivity index (χ2n) is 8.35. The standard InChI is InChI=1S/C27H28N2O6S/c1-18-5-11-23(12-6-18)36(31,32)29(16-19-7-9-22(33-2)10-8-19)17-21-13-20-14-25(34-3)26(35-4)15-24(20)28-27(21)30/h5-15H,16-17H2,1-4H3,(H,28,30). The molecular weight excluding hydrogens is 480 g/mol. The topological polar surface area (TPSA) is 97.9 Å². The molecule has 0 spiro atoms. The lowest BCUT2D eigenvalue weighted by molar-refractivity contribution is 0.355. The number of sulfonamides is 1. The van der Waals surface area contributed by atoms with Crippen molar-refractivity contribution in [1.82, 2.24) is 9.29 Å². The first kappa shape index (κ1) is 25.3. The number of ether oxygens (including phenoxy) is 3. The summed E-state index contributed by atoms with van der Waals surface area (Å²) in [7, 11) is 0.696. The molecule has 3 aromatic carbocycles. The quantitative estimate of drug-likeness (QED) is 0.363. The molecule has 0 aliphatic rings. The highest BCUT2D eigenvalue weighted by atomic mass is 32.2. The van der Waals surface area contributed by atoms with Crippen LogP contribution in [0.15, 0.2) is 76.4 Å². The summed E-state index contributed by atoms with van der Waals surface area (Å²) in [5.41, 5.74) is 2.19. The molecule has 36 heavy (non-hydrogen) atoms. The molecule has 1 aromatic heterocycles. The molecule has 4 rings (SSSR count). The van der Waals surface area contributed by atoms with E-state index in [9.17, 15) is 13.2 Å². The van der Waals surface area contributed by atoms with Gasteiger partial charge in [-0.1, -0.05) is 29.8 Å². The molecule has 188 valence electrons. The lowest BCUT2D eigenvalue weighted by atomic mass is 10.1. The third-order valence-corrected chi connectivity index (χ3v) is 7.75. The number of pyridine rings is 1. The molecule has 0 fully saturated rings. The third kappa shape index (κ3) is 5.22. The summed E-state index contributed by atoms with van der Waals surface area (Å²) in [6.07, 6.45) is 0. The van der Waals surface area contributed by atoms with Gasteiger partial charge in [0.15, 0.2) is 11.5 Å². The zero-order valence-corrected chi connectivity index (χ0v) is 21.4. The van der Waals surface area contributed by atoms with Crippen molar-refractivity contribution in [2.24, 2.45) is 0 Å². The van der Waals surface area contributed by atoms with Crippen LogP contribution < -0.4 is 19.8 Å². The van der Waals surface area contributed by atoms with Crippen molar-refractivity contribution in [3.05, 3.63) is 93.8 Å². The molecule has 0 saturated carbocycles. The molecule has 9 heteroatoms. The van der Waals surface area contributed by atoms with E-state index in [0.29, 0.717) is 33.7 Å². The molecule has 0 bridgehead atoms. The summed E-state index contributed by atoms with van der Waals surface area (Å²) in [6.45, 7) is 1.84. The van der Waals surface area contributed by atoms with Gasteiger partial charge >= 0.3 is 0 Å². The SMILES string of the molecule is COc1ccc(CN(Cc2cc3cc(OC)c(OC)cc3[nH]c2=O)S(=O)(=O)c2ccc(C)cc2)cc1. The Morgan fingerprint density at radius 3 is 2.06 bits per heavy atom. The maximum atomic E-state index is 13.7. The van der Waals surface area contributed by atoms with Crippen LogP contribution in [0.1, 0.15) is 16.7 Å². The number of H-pyrrole nitrogens is 1. The van der Waals surface area contributed by atoms with Crippen molar-refractivity contribution >= 4 is 20.9 Å². The third-order valence-electron chi connectivity index (χ3n) is 5.95. The zero-order chi connectivity index (χ0) is 25.9. The molecule has 1 N–H and O–H groups in total. The Morgan fingerprint density at radius 1 is 0.806 bits per heavy atom. The molecule has 0 saturated heterocycles. The van der Waals surface area contributed by atoms with E-state index in [1.165, 1.54) is 18.5 Å². The fraction of sp³-hybridized carbons (Fsp3) is 0.222. The number of benzene rings is 3. The predicted molar refractivity (Wildman–Crippen MR) is 138 cm³/mol. The van der Waals surface area contributed by atoms with Crippen molar-refractivity contribution in [2.45, 2.75) is 24.9 Å². The van der Waals surface area contributed by atoms with Crippen LogP contribution in [0.2, 0.25) is 0 Å². The maximum Gasteiger partial charge on any atom is 0.252 e. The van der Waals surface area contributed by atoms with Gasteiger partial charge in [0.05, 0.1) is 31.7 Å². The van der Waals surface area contributed by atoms with E-state index < -0.39 is 10.0 Å². The van der Waals surface area contributed by atoms with E-state index in [0.717, 1.165) is 11.1 Å². The first-order valence-electron chi connectivity index (χ1n) is 11.2. The number of nitrogens with one attached hydrogen (secondary N) is 1. The highest BCUT2D eigenvalue weighted by molar-refractivity contribution is 7.89. The van der Waals surface area contributed by atoms with Gasteiger partial charge < -0.3 is 19.2 Å². The second kappa shape index (κ2) is 10.4. The van der Waals surface area contributed by atoms with Crippen molar-refractivity contribution in [1.29, 1.82) is 0 Å². The van der Waals surface area contributed by atoms with Crippen LogP contribution in [0.4, 0.5) is 0 Å². The van der Waals surface area contributed by atoms with Crippen LogP contribution in [0.5, 0.6) is 17.2 Å². The molecule has 0 atom stereocenters. The summed E-state index contributed by atoms with van der Waals surface area (Å²) >= 11 is 0. The molecule has 0 aliphatic heterocycles. The van der Waals surface area contributed by atoms with Crippen LogP contribution >= 0.6 is 0 Å². The van der Waals surface area contributed by atoms with Crippen molar-refractivity contribution in [3.8, 4) is 17.2 Å². The summed E-state index contributed by atoms with van der Waals surface area (Å²) < 4.78 is 44.6. The van der Waals surface area contributed by atoms with Crippen LogP contribution in [-0.4, -0.2) is 39.0 Å². The first-order chi connectivity index (χ1) is 17.2. The molecule has 8 nitrogen and oxygen atoms in total. The minimum atomic E-state index is -3.92. The normalized spacial score (nSPS) is 11.6. The summed E-state index contributed by atoms with van der Waals surface area (Å²) in [5.74, 6) is 1.66. The first-order valence-corrected chi connectivity index (χ1v) is 12.7. The van der Waals surface area contributed by atoms with Gasteiger partial charge in [-0.2, -0.15) is 4.31 Å². The Bertz CT molecular complexity index is 1530. The summed E-state index contributed by atoms with van der Waals surface area (Å²) in [4.78, 5) is 16.0. The van der Waals surface area contributed by atoms with Crippen molar-refractivity contribution in [2.75, 3.05) is 21.3 Å². The van der Waals surface area contributed by atoms with Gasteiger partial charge in [-0.3, -0.25) is 4.79 Å². The minimum Gasteiger partial charge on any atom is -0.497 e. The van der Waals surface area contributed by atoms with Gasteiger partial charge in [0.25, 0.3) is 5.56 Å². The average Bonchev–Trinajstić information content (AvgIpc) is 2.88. The van der Waals surface area contributed by atoms with E-state index in [4.69, 9.17) is 14.2 Å². The second-order valence-corrected chi connectivity index (χ2v) is 10.3. The van der Waals surface area contributed by atoms with Gasteiger partial charge in [-0.15, -0.1) is 0 Å². The lowest BCUT2D eigenvalue weighted by Gasteiger charge is -2.23. The average molecular weight is 509 g/mol. The van der Waals surface area contributed by atoms with Crippen molar-refractivity contribution < 1.29 is 22.6 Å². The Labute approximate surface area is 210 Å². The van der Waals surface area contributed by atoms with E-state index >= 15 is 0 Å². The van der Waals surface area contributed by atoms with Crippen LogP contribution in [0, 0.1) is 6.92 Å². The number of hydrogen-bond acceptors (Lipinski definition) is 6. The highest BCUT2D eigenvalue weighted by Gasteiger charge is 2.26. The highest BCUT2D eigenvalue weighted by Crippen LogP contribution is 2.31. The Balaban J connectivity index is 1.77. The fourth-order valence-electron chi connectivity index (χ4n) is 3.91. The molecule has 0 aliphatic carbocycles. The number of aromatic nitrogens is 1. The largest absolute Gasteiger partial charge is 0.497 e. The Kier molecular flexibility index (Phi) is 7.32. The number of methoxy groups -OCH3 is 3. The Morgan fingerprint density at radius 2 is 1.44 bits per heavy atom. The van der Waals surface area contributed by atoms with Crippen LogP contribution in [0.3, 0.4) is 0 Å². The molecular formula is C27H28N2O6S. The molecule has 0 unspecified atom stereocenters. The van der Waals surface area contributed by atoms with Gasteiger partial charge in [0.1, 0.15) is 5.75 Å². The zero-order valence-electron chi connectivity index (χ0n) is 20.6. The van der Waals surface area contributed by atoms with Gasteiger partial charge in [-0.25, -0.2) is 8.42 Å². The van der Waals surface area contributed by atoms with E-state index in [1.54, 1.807) is 73.8 Å². The number of nitrogens with zero attached hydrogens (tertiary/aromatic N) is 1. The molecule has 0 radical (unpaired) electrons. The summed E-state index contributed by atoms with van der Waals surface area (Å²) in [6, 6.07) is 18.9. The van der Waals surface area contributed by atoms with Gasteiger partial charge in [0, 0.05) is 30.1 Å². The van der Waals surface area contributed by atoms with E-state index in [2.05, 4.69) is 4.98 Å². The fourth-order valence-corrected chi connectivity index (χ4v) is 5.31. The number of aryl methyl sites for hydroxylation is 1. The summed E-state index contributed by atoms with van der Waals surface area (Å²) in [5, 5.41) is 0.694. The monoisotopic (exact) mass is 508 g/mol. The van der Waals surface area contributed by atoms with Gasteiger partial charge in [0.2, 0.25) is 10.0 Å². The number of aromatic amines is 1. The minimum absolute atomic E-state index is 0.0730. The molecule has 1 heterocycles. The number of hydrogen-bond donors (Lipinski definition) is 1. The smallest absolute Gasteiger partial charge is 0.252 e. The van der Waals surface area contributed by atoms with Crippen LogP contribution in [-0.2, 0) is 23.1 Å². The predicted octanol–water partition coefficient (Wildman–Crippen LogP) is 4.25. The number of fused-ring (bicyclic) bond motifs is 1. The lowest BCUT2D eigenvalue weighted by Crippen LogP contribution is -2.32. The van der Waals surface area contributed by atoms with Gasteiger partial charge in [-0.05, 0) is 48.9 Å². The van der Waals surface area contributed by atoms with Crippen molar-refractivity contribution in [3.63, 3.8) is 0 Å². The molecule has 4 aromatic rings. The maximum absolute atomic E-state index is 13.7. The van der Waals surface area contributed by atoms with E-state index in [1.807, 2.05) is 6.92 Å². The Hall–Kier alpha value is -3.82. The number of rotatable bonds is 9. The van der Waals surface area contributed by atoms with E-state index in [-0.39, 0.29) is 23.5 Å². The molecule has 0 amide bonds.